The van der Waals surface area contributed by atoms with Crippen molar-refractivity contribution in [2.24, 2.45) is 5.92 Å². The number of carbonyl (C=O) groups excluding carboxylic acids is 1. The first-order valence-electron chi connectivity index (χ1n) is 9.93. The summed E-state index contributed by atoms with van der Waals surface area (Å²) in [5, 5.41) is 0. The highest BCUT2D eigenvalue weighted by Gasteiger charge is 2.29. The van der Waals surface area contributed by atoms with Crippen LogP contribution in [-0.2, 0) is 9.53 Å². The molecule has 0 aromatic carbocycles. The van der Waals surface area contributed by atoms with Crippen LogP contribution in [0, 0.1) is 12.8 Å². The molecule has 142 valence electrons. The van der Waals surface area contributed by atoms with Crippen LogP contribution in [0.3, 0.4) is 0 Å². The Labute approximate surface area is 155 Å². The van der Waals surface area contributed by atoms with E-state index in [0.29, 0.717) is 5.91 Å². The van der Waals surface area contributed by atoms with Gasteiger partial charge in [0.25, 0.3) is 0 Å². The lowest BCUT2D eigenvalue weighted by Gasteiger charge is -2.37. The molecule has 7 nitrogen and oxygen atoms in total. The predicted molar refractivity (Wildman–Crippen MR) is 101 cm³/mol. The Morgan fingerprint density at radius 3 is 2.38 bits per heavy atom. The van der Waals surface area contributed by atoms with Crippen LogP contribution in [-0.4, -0.2) is 73.3 Å². The van der Waals surface area contributed by atoms with E-state index in [1.165, 1.54) is 12.8 Å². The molecule has 0 aliphatic carbocycles. The molecule has 0 unspecified atom stereocenters. The van der Waals surface area contributed by atoms with Gasteiger partial charge in [-0.05, 0) is 32.6 Å². The van der Waals surface area contributed by atoms with Crippen LogP contribution in [0.4, 0.5) is 11.8 Å². The minimum Gasteiger partial charge on any atom is -0.381 e. The van der Waals surface area contributed by atoms with Crippen LogP contribution < -0.4 is 9.80 Å². The highest BCUT2D eigenvalue weighted by molar-refractivity contribution is 5.79. The van der Waals surface area contributed by atoms with Crippen LogP contribution in [0.5, 0.6) is 0 Å². The van der Waals surface area contributed by atoms with Crippen LogP contribution in [0.2, 0.25) is 0 Å². The average Bonchev–Trinajstić information content (AvgIpc) is 3.23. The number of carbonyl (C=O) groups is 1. The molecule has 0 N–H and O–H groups in total. The Morgan fingerprint density at radius 1 is 1.00 bits per heavy atom. The summed E-state index contributed by atoms with van der Waals surface area (Å²) < 4.78 is 5.38. The molecule has 4 heterocycles. The average molecular weight is 359 g/mol. The molecule has 1 aromatic rings. The number of nitrogens with zero attached hydrogens (tertiary/aromatic N) is 5. The summed E-state index contributed by atoms with van der Waals surface area (Å²) in [5.41, 5.74) is 1.01. The van der Waals surface area contributed by atoms with E-state index in [0.717, 1.165) is 82.8 Å². The number of ether oxygens (including phenoxy) is 1. The number of anilines is 2. The fraction of sp³-hybridized carbons (Fsp3) is 0.737. The van der Waals surface area contributed by atoms with Gasteiger partial charge in [0, 0.05) is 70.2 Å². The van der Waals surface area contributed by atoms with Gasteiger partial charge >= 0.3 is 0 Å². The number of amides is 1. The SMILES string of the molecule is Cc1cc(N2CCN(C(=O)C3CCOCC3)CC2)nc(N2CCCC2)n1. The van der Waals surface area contributed by atoms with Gasteiger partial charge < -0.3 is 19.4 Å². The monoisotopic (exact) mass is 359 g/mol. The third-order valence-electron chi connectivity index (χ3n) is 5.70. The van der Waals surface area contributed by atoms with E-state index in [4.69, 9.17) is 9.72 Å². The number of aromatic nitrogens is 2. The molecule has 4 rings (SSSR count). The van der Waals surface area contributed by atoms with Gasteiger partial charge in [0.1, 0.15) is 5.82 Å². The van der Waals surface area contributed by atoms with Gasteiger partial charge in [-0.2, -0.15) is 4.98 Å². The molecule has 26 heavy (non-hydrogen) atoms. The molecule has 0 atom stereocenters. The third-order valence-corrected chi connectivity index (χ3v) is 5.70. The van der Waals surface area contributed by atoms with Gasteiger partial charge in [-0.3, -0.25) is 4.79 Å². The van der Waals surface area contributed by atoms with Crippen molar-refractivity contribution in [1.82, 2.24) is 14.9 Å². The molecular formula is C19H29N5O2. The van der Waals surface area contributed by atoms with Gasteiger partial charge in [0.2, 0.25) is 11.9 Å². The highest BCUT2D eigenvalue weighted by atomic mass is 16.5. The second-order valence-corrected chi connectivity index (χ2v) is 7.56. The maximum atomic E-state index is 12.7. The first kappa shape index (κ1) is 17.5. The van der Waals surface area contributed by atoms with Crippen molar-refractivity contribution in [2.45, 2.75) is 32.6 Å². The fourth-order valence-electron chi connectivity index (χ4n) is 4.12. The molecule has 3 saturated heterocycles. The minimum absolute atomic E-state index is 0.151. The standard InChI is InChI=1S/C19H29N5O2/c1-15-14-17(21-19(20-15)24-6-2-3-7-24)22-8-10-23(11-9-22)18(25)16-4-12-26-13-5-16/h14,16H,2-13H2,1H3. The van der Waals surface area contributed by atoms with E-state index in [1.807, 2.05) is 11.8 Å². The number of hydrogen-bond acceptors (Lipinski definition) is 6. The lowest BCUT2D eigenvalue weighted by molar-refractivity contribution is -0.138. The van der Waals surface area contributed by atoms with Crippen molar-refractivity contribution in [3.8, 4) is 0 Å². The zero-order chi connectivity index (χ0) is 17.9. The zero-order valence-electron chi connectivity index (χ0n) is 15.7. The maximum Gasteiger partial charge on any atom is 0.227 e. The Bertz CT molecular complexity index is 633. The first-order chi connectivity index (χ1) is 12.7. The Balaban J connectivity index is 1.39. The summed E-state index contributed by atoms with van der Waals surface area (Å²) in [6, 6.07) is 2.07. The topological polar surface area (TPSA) is 61.8 Å². The predicted octanol–water partition coefficient (Wildman–Crippen LogP) is 1.46. The summed E-state index contributed by atoms with van der Waals surface area (Å²) in [6.07, 6.45) is 4.17. The lowest BCUT2D eigenvalue weighted by atomic mass is 9.98. The van der Waals surface area contributed by atoms with Crippen molar-refractivity contribution in [3.05, 3.63) is 11.8 Å². The Morgan fingerprint density at radius 2 is 1.69 bits per heavy atom. The van der Waals surface area contributed by atoms with Crippen molar-refractivity contribution in [1.29, 1.82) is 0 Å². The molecule has 0 spiro atoms. The van der Waals surface area contributed by atoms with Crippen molar-refractivity contribution in [2.75, 3.05) is 62.3 Å². The number of piperazine rings is 1. The molecule has 1 aromatic heterocycles. The van der Waals surface area contributed by atoms with Crippen LogP contribution >= 0.6 is 0 Å². The minimum atomic E-state index is 0.151. The van der Waals surface area contributed by atoms with E-state index in [1.54, 1.807) is 0 Å². The van der Waals surface area contributed by atoms with E-state index in [9.17, 15) is 4.79 Å². The molecule has 7 heteroatoms. The van der Waals surface area contributed by atoms with Crippen LogP contribution in [0.15, 0.2) is 6.07 Å². The summed E-state index contributed by atoms with van der Waals surface area (Å²) in [4.78, 5) is 28.7. The van der Waals surface area contributed by atoms with E-state index in [2.05, 4.69) is 20.9 Å². The Kier molecular flexibility index (Phi) is 5.24. The van der Waals surface area contributed by atoms with Crippen molar-refractivity contribution in [3.63, 3.8) is 0 Å². The summed E-state index contributed by atoms with van der Waals surface area (Å²) in [5.74, 6) is 2.32. The molecule has 0 saturated carbocycles. The van der Waals surface area contributed by atoms with Crippen LogP contribution in [0.25, 0.3) is 0 Å². The largest absolute Gasteiger partial charge is 0.381 e. The second-order valence-electron chi connectivity index (χ2n) is 7.56. The van der Waals surface area contributed by atoms with Gasteiger partial charge in [-0.1, -0.05) is 0 Å². The maximum absolute atomic E-state index is 12.7. The van der Waals surface area contributed by atoms with Gasteiger partial charge in [0.05, 0.1) is 0 Å². The number of rotatable bonds is 3. The summed E-state index contributed by atoms with van der Waals surface area (Å²) >= 11 is 0. The lowest BCUT2D eigenvalue weighted by Crippen LogP contribution is -2.51. The number of hydrogen-bond donors (Lipinski definition) is 0. The van der Waals surface area contributed by atoms with Gasteiger partial charge in [-0.25, -0.2) is 4.98 Å². The molecule has 3 aliphatic rings. The van der Waals surface area contributed by atoms with Crippen molar-refractivity contribution < 1.29 is 9.53 Å². The van der Waals surface area contributed by atoms with E-state index >= 15 is 0 Å². The quantitative estimate of drug-likeness (QED) is 0.814. The van der Waals surface area contributed by atoms with Crippen molar-refractivity contribution >= 4 is 17.7 Å². The molecule has 3 aliphatic heterocycles. The second kappa shape index (κ2) is 7.78. The molecule has 0 bridgehead atoms. The van der Waals surface area contributed by atoms with E-state index in [-0.39, 0.29) is 5.92 Å². The van der Waals surface area contributed by atoms with Gasteiger partial charge in [-0.15, -0.1) is 0 Å². The fourth-order valence-corrected chi connectivity index (χ4v) is 4.12. The first-order valence-corrected chi connectivity index (χ1v) is 9.93. The van der Waals surface area contributed by atoms with Crippen LogP contribution in [0.1, 0.15) is 31.4 Å². The zero-order valence-corrected chi connectivity index (χ0v) is 15.7. The number of aryl methyl sites for hydroxylation is 1. The summed E-state index contributed by atoms with van der Waals surface area (Å²) in [6.45, 7) is 8.81. The molecule has 1 amide bonds. The van der Waals surface area contributed by atoms with Gasteiger partial charge in [0.15, 0.2) is 0 Å². The third kappa shape index (κ3) is 3.77. The normalized spacial score (nSPS) is 22.1. The summed E-state index contributed by atoms with van der Waals surface area (Å²) in [7, 11) is 0. The molecule has 3 fully saturated rings. The van der Waals surface area contributed by atoms with E-state index < -0.39 is 0 Å². The highest BCUT2D eigenvalue weighted by Crippen LogP contribution is 2.23. The molecular weight excluding hydrogens is 330 g/mol. The molecule has 0 radical (unpaired) electrons. The smallest absolute Gasteiger partial charge is 0.227 e. The Hall–Kier alpha value is -1.89.